The molecule has 8 heteroatoms. The molecule has 0 aromatic heterocycles. The lowest BCUT2D eigenvalue weighted by Gasteiger charge is -2.19. The standard InChI is InChI=1S/C5H2Cl6O2/c6-1-2(12)4(7,8)3(13)5(9,10)11/h1H2. The molecule has 0 spiro atoms. The fraction of sp³-hybridized carbons (Fsp3) is 0.600. The molecule has 0 aromatic rings. The van der Waals surface area contributed by atoms with Crippen LogP contribution in [0.3, 0.4) is 0 Å². The van der Waals surface area contributed by atoms with E-state index < -0.39 is 25.6 Å². The normalized spacial score (nSPS) is 12.8. The van der Waals surface area contributed by atoms with Crippen molar-refractivity contribution in [3.05, 3.63) is 0 Å². The van der Waals surface area contributed by atoms with E-state index in [1.807, 2.05) is 0 Å². The lowest BCUT2D eigenvalue weighted by atomic mass is 10.2. The maximum absolute atomic E-state index is 11.1. The molecule has 0 radical (unpaired) electrons. The monoisotopic (exact) mass is 304 g/mol. The van der Waals surface area contributed by atoms with E-state index in [1.165, 1.54) is 0 Å². The summed E-state index contributed by atoms with van der Waals surface area (Å²) in [5.74, 6) is -2.72. The Balaban J connectivity index is 4.85. The van der Waals surface area contributed by atoms with Gasteiger partial charge in [-0.05, 0) is 0 Å². The highest BCUT2D eigenvalue weighted by molar-refractivity contribution is 6.83. The predicted molar refractivity (Wildman–Crippen MR) is 55.5 cm³/mol. The Kier molecular flexibility index (Phi) is 5.13. The Morgan fingerprint density at radius 2 is 1.38 bits per heavy atom. The molecule has 0 unspecified atom stereocenters. The zero-order chi connectivity index (χ0) is 10.9. The third kappa shape index (κ3) is 3.61. The van der Waals surface area contributed by atoms with Gasteiger partial charge in [0.25, 0.3) is 3.79 Å². The Morgan fingerprint density at radius 1 is 1.00 bits per heavy atom. The van der Waals surface area contributed by atoms with Gasteiger partial charge < -0.3 is 0 Å². The van der Waals surface area contributed by atoms with Crippen molar-refractivity contribution in [1.29, 1.82) is 0 Å². The van der Waals surface area contributed by atoms with Gasteiger partial charge in [0, 0.05) is 0 Å². The number of carbonyl (C=O) groups excluding carboxylic acids is 2. The summed E-state index contributed by atoms with van der Waals surface area (Å²) < 4.78 is -4.75. The molecule has 0 saturated carbocycles. The molecule has 0 atom stereocenters. The van der Waals surface area contributed by atoms with Gasteiger partial charge in [-0.3, -0.25) is 9.59 Å². The molecule has 0 N–H and O–H groups in total. The average molecular weight is 307 g/mol. The zero-order valence-electron chi connectivity index (χ0n) is 5.79. The zero-order valence-corrected chi connectivity index (χ0v) is 10.3. The van der Waals surface area contributed by atoms with E-state index in [4.69, 9.17) is 69.6 Å². The van der Waals surface area contributed by atoms with Crippen molar-refractivity contribution in [3.63, 3.8) is 0 Å². The minimum atomic E-state index is -2.41. The quantitative estimate of drug-likeness (QED) is 0.593. The summed E-state index contributed by atoms with van der Waals surface area (Å²) in [6.07, 6.45) is 0. The van der Waals surface area contributed by atoms with Gasteiger partial charge in [-0.2, -0.15) is 0 Å². The molecule has 0 aliphatic carbocycles. The Bertz CT molecular complexity index is 230. The van der Waals surface area contributed by atoms with Crippen LogP contribution in [0.1, 0.15) is 0 Å². The molecule has 0 amide bonds. The number of halogens is 6. The number of hydrogen-bond acceptors (Lipinski definition) is 2. The van der Waals surface area contributed by atoms with Crippen LogP contribution in [0.4, 0.5) is 0 Å². The lowest BCUT2D eigenvalue weighted by molar-refractivity contribution is -0.126. The van der Waals surface area contributed by atoms with E-state index in [0.29, 0.717) is 0 Å². The topological polar surface area (TPSA) is 34.1 Å². The average Bonchev–Trinajstić information content (AvgIpc) is 1.99. The van der Waals surface area contributed by atoms with Crippen LogP contribution in [0.5, 0.6) is 0 Å². The molecule has 0 saturated heterocycles. The summed E-state index contributed by atoms with van der Waals surface area (Å²) in [5.41, 5.74) is 0. The molecule has 0 fully saturated rings. The first-order valence-corrected chi connectivity index (χ1v) is 5.15. The van der Waals surface area contributed by atoms with E-state index in [0.717, 1.165) is 0 Å². The molecule has 76 valence electrons. The Morgan fingerprint density at radius 3 is 1.62 bits per heavy atom. The summed E-state index contributed by atoms with van der Waals surface area (Å²) in [7, 11) is 0. The van der Waals surface area contributed by atoms with Crippen molar-refractivity contribution >= 4 is 81.2 Å². The van der Waals surface area contributed by atoms with Gasteiger partial charge in [-0.15, -0.1) is 11.6 Å². The van der Waals surface area contributed by atoms with Crippen molar-refractivity contribution in [2.45, 2.75) is 8.13 Å². The van der Waals surface area contributed by atoms with Gasteiger partial charge in [-0.1, -0.05) is 58.0 Å². The van der Waals surface area contributed by atoms with E-state index >= 15 is 0 Å². The maximum Gasteiger partial charge on any atom is 0.252 e. The van der Waals surface area contributed by atoms with Crippen LogP contribution in [0.2, 0.25) is 0 Å². The maximum atomic E-state index is 11.1. The van der Waals surface area contributed by atoms with Crippen LogP contribution in [-0.2, 0) is 9.59 Å². The number of hydrogen-bond donors (Lipinski definition) is 0. The molecule has 0 aliphatic heterocycles. The summed E-state index contributed by atoms with van der Waals surface area (Å²) in [5, 5.41) is 0. The van der Waals surface area contributed by atoms with Crippen LogP contribution in [0.25, 0.3) is 0 Å². The van der Waals surface area contributed by atoms with Gasteiger partial charge in [0.05, 0.1) is 5.88 Å². The third-order valence-electron chi connectivity index (χ3n) is 1.01. The highest BCUT2D eigenvalue weighted by Crippen LogP contribution is 2.37. The molecule has 0 aliphatic rings. The number of ketones is 2. The lowest BCUT2D eigenvalue weighted by Crippen LogP contribution is -2.43. The molecule has 0 rings (SSSR count). The fourth-order valence-electron chi connectivity index (χ4n) is 0.389. The van der Waals surface area contributed by atoms with Crippen LogP contribution in [0, 0.1) is 0 Å². The van der Waals surface area contributed by atoms with Gasteiger partial charge in [0.2, 0.25) is 10.1 Å². The summed E-state index contributed by atoms with van der Waals surface area (Å²) in [6.45, 7) is 0. The molecule has 0 aromatic carbocycles. The van der Waals surface area contributed by atoms with Gasteiger partial charge >= 0.3 is 0 Å². The molecule has 0 bridgehead atoms. The Hall–Kier alpha value is 1.08. The second-order valence-electron chi connectivity index (χ2n) is 1.96. The molecular weight excluding hydrogens is 305 g/mol. The van der Waals surface area contributed by atoms with Crippen molar-refractivity contribution in [2.75, 3.05) is 5.88 Å². The van der Waals surface area contributed by atoms with Crippen LogP contribution in [-0.4, -0.2) is 25.6 Å². The SMILES string of the molecule is O=C(CCl)C(Cl)(Cl)C(=O)C(Cl)(Cl)Cl. The number of rotatable bonds is 3. The van der Waals surface area contributed by atoms with Gasteiger partial charge in [0.15, 0.2) is 5.78 Å². The van der Waals surface area contributed by atoms with Crippen LogP contribution in [0.15, 0.2) is 0 Å². The minimum absolute atomic E-state index is 0.542. The van der Waals surface area contributed by atoms with Crippen molar-refractivity contribution in [2.24, 2.45) is 0 Å². The van der Waals surface area contributed by atoms with Gasteiger partial charge in [-0.25, -0.2) is 0 Å². The third-order valence-corrected chi connectivity index (χ3v) is 2.54. The first-order valence-electron chi connectivity index (χ1n) is 2.72. The highest BCUT2D eigenvalue weighted by atomic mass is 35.6. The number of Topliss-reactive ketones (excluding diaryl/α,β-unsaturated/α-hetero) is 2. The van der Waals surface area contributed by atoms with Gasteiger partial charge in [0.1, 0.15) is 0 Å². The first-order chi connectivity index (χ1) is 5.64. The van der Waals surface area contributed by atoms with Crippen molar-refractivity contribution < 1.29 is 9.59 Å². The molecule has 0 heterocycles. The first kappa shape index (κ1) is 14.1. The van der Waals surface area contributed by atoms with E-state index in [-0.39, 0.29) is 0 Å². The second kappa shape index (κ2) is 4.73. The second-order valence-corrected chi connectivity index (χ2v) is 5.83. The smallest absolute Gasteiger partial charge is 0.252 e. The Labute approximate surface area is 104 Å². The number of carbonyl (C=O) groups is 2. The van der Waals surface area contributed by atoms with Crippen LogP contribution >= 0.6 is 69.6 Å². The van der Waals surface area contributed by atoms with Crippen molar-refractivity contribution in [1.82, 2.24) is 0 Å². The summed E-state index contributed by atoms with van der Waals surface area (Å²) >= 11 is 31.4. The van der Waals surface area contributed by atoms with E-state index in [9.17, 15) is 9.59 Å². The molecular formula is C5H2Cl6O2. The summed E-state index contributed by atoms with van der Waals surface area (Å²) in [4.78, 5) is 22.1. The summed E-state index contributed by atoms with van der Waals surface area (Å²) in [6, 6.07) is 0. The van der Waals surface area contributed by atoms with E-state index in [2.05, 4.69) is 0 Å². The van der Waals surface area contributed by atoms with Crippen LogP contribution < -0.4 is 0 Å². The minimum Gasteiger partial charge on any atom is -0.294 e. The fourth-order valence-corrected chi connectivity index (χ4v) is 1.86. The number of alkyl halides is 6. The largest absolute Gasteiger partial charge is 0.294 e. The highest BCUT2D eigenvalue weighted by Gasteiger charge is 2.50. The molecule has 13 heavy (non-hydrogen) atoms. The van der Waals surface area contributed by atoms with Crippen molar-refractivity contribution in [3.8, 4) is 0 Å². The molecule has 2 nitrogen and oxygen atoms in total. The predicted octanol–water partition coefficient (Wildman–Crippen LogP) is 2.91. The van der Waals surface area contributed by atoms with E-state index in [1.54, 1.807) is 0 Å².